The smallest absolute Gasteiger partial charge is 0.356 e. The van der Waals surface area contributed by atoms with Crippen molar-refractivity contribution in [2.75, 3.05) is 29.6 Å². The minimum Gasteiger partial charge on any atom is -0.356 e. The molecule has 1 N–H and O–H groups in total. The maximum Gasteiger partial charge on any atom is 0.451 e. The number of nitrogens with one attached hydrogen (secondary N) is 1. The predicted molar refractivity (Wildman–Crippen MR) is 104 cm³/mol. The van der Waals surface area contributed by atoms with Crippen LogP contribution in [0.3, 0.4) is 0 Å². The van der Waals surface area contributed by atoms with Crippen molar-refractivity contribution in [3.8, 4) is 0 Å². The lowest BCUT2D eigenvalue weighted by Gasteiger charge is -2.24. The van der Waals surface area contributed by atoms with E-state index < -0.39 is 30.3 Å². The maximum atomic E-state index is 13.7. The molecule has 2 aromatic rings. The fourth-order valence-corrected chi connectivity index (χ4v) is 3.55. The molecule has 2 heterocycles. The molecular formula is C19H19F5N4OS. The Morgan fingerprint density at radius 2 is 2.00 bits per heavy atom. The van der Waals surface area contributed by atoms with Crippen molar-refractivity contribution in [1.29, 1.82) is 0 Å². The zero-order valence-corrected chi connectivity index (χ0v) is 16.8. The summed E-state index contributed by atoms with van der Waals surface area (Å²) in [4.78, 5) is 21.8. The Hall–Kier alpha value is -2.43. The van der Waals surface area contributed by atoms with Crippen LogP contribution in [0.5, 0.6) is 0 Å². The molecule has 0 atom stereocenters. The van der Waals surface area contributed by atoms with Crippen molar-refractivity contribution in [1.82, 2.24) is 9.97 Å². The van der Waals surface area contributed by atoms with Gasteiger partial charge in [0.1, 0.15) is 11.4 Å². The van der Waals surface area contributed by atoms with Gasteiger partial charge in [-0.25, -0.2) is 18.7 Å². The van der Waals surface area contributed by atoms with Crippen LogP contribution < -0.4 is 10.2 Å². The number of carbonyl (C=O) groups excluding carboxylic acids is 1. The van der Waals surface area contributed by atoms with Gasteiger partial charge in [-0.2, -0.15) is 13.2 Å². The van der Waals surface area contributed by atoms with E-state index >= 15 is 0 Å². The summed E-state index contributed by atoms with van der Waals surface area (Å²) in [6, 6.07) is 6.90. The number of rotatable bonds is 4. The highest BCUT2D eigenvalue weighted by molar-refractivity contribution is 7.98. The second-order valence-corrected chi connectivity index (χ2v) is 7.69. The minimum atomic E-state index is -4.83. The van der Waals surface area contributed by atoms with E-state index in [-0.39, 0.29) is 37.3 Å². The van der Waals surface area contributed by atoms with E-state index in [9.17, 15) is 26.7 Å². The summed E-state index contributed by atoms with van der Waals surface area (Å²) in [6.07, 6.45) is -3.01. The van der Waals surface area contributed by atoms with Crippen LogP contribution in [-0.4, -0.2) is 41.1 Å². The number of hydrogen-bond acceptors (Lipinski definition) is 5. The number of aromatic nitrogens is 2. The second kappa shape index (κ2) is 8.75. The minimum absolute atomic E-state index is 0.0616. The SMILES string of the molecule is CSc1cccc(NC(=O)c2cnc(C(F)(F)F)nc2N2CCCC(F)(F)CC2)c1. The number of hydrogen-bond donors (Lipinski definition) is 1. The Morgan fingerprint density at radius 1 is 1.23 bits per heavy atom. The summed E-state index contributed by atoms with van der Waals surface area (Å²) in [5, 5.41) is 2.61. The van der Waals surface area contributed by atoms with Crippen LogP contribution in [0.4, 0.5) is 33.5 Å². The molecule has 1 aliphatic heterocycles. The first-order valence-corrected chi connectivity index (χ1v) is 10.3. The average Bonchev–Trinajstić information content (AvgIpc) is 2.87. The Labute approximate surface area is 174 Å². The lowest BCUT2D eigenvalue weighted by molar-refractivity contribution is -0.144. The van der Waals surface area contributed by atoms with Crippen LogP contribution in [0, 0.1) is 0 Å². The number of thioether (sulfide) groups is 1. The van der Waals surface area contributed by atoms with Crippen LogP contribution in [0.25, 0.3) is 0 Å². The molecule has 0 aliphatic carbocycles. The molecule has 1 amide bonds. The van der Waals surface area contributed by atoms with Crippen molar-refractivity contribution < 1.29 is 26.7 Å². The molecule has 1 aromatic carbocycles. The van der Waals surface area contributed by atoms with E-state index in [4.69, 9.17) is 0 Å². The molecule has 3 rings (SSSR count). The molecule has 0 bridgehead atoms. The molecule has 162 valence electrons. The van der Waals surface area contributed by atoms with Crippen LogP contribution >= 0.6 is 11.8 Å². The number of halogens is 5. The first kappa shape index (κ1) is 22.3. The molecule has 0 saturated carbocycles. The molecule has 30 heavy (non-hydrogen) atoms. The van der Waals surface area contributed by atoms with E-state index in [0.29, 0.717) is 5.69 Å². The van der Waals surface area contributed by atoms with Gasteiger partial charge in [-0.3, -0.25) is 4.79 Å². The van der Waals surface area contributed by atoms with Crippen molar-refractivity contribution >= 4 is 29.2 Å². The molecule has 1 saturated heterocycles. The zero-order chi connectivity index (χ0) is 21.9. The molecule has 0 radical (unpaired) electrons. The monoisotopic (exact) mass is 446 g/mol. The average molecular weight is 446 g/mol. The Kier molecular flexibility index (Phi) is 6.49. The third kappa shape index (κ3) is 5.38. The maximum absolute atomic E-state index is 13.7. The Bertz CT molecular complexity index is 922. The first-order valence-electron chi connectivity index (χ1n) is 9.11. The molecule has 0 unspecified atom stereocenters. The quantitative estimate of drug-likeness (QED) is 0.524. The summed E-state index contributed by atoms with van der Waals surface area (Å²) in [6.45, 7) is -0.157. The van der Waals surface area contributed by atoms with Crippen LogP contribution in [0.1, 0.15) is 35.4 Å². The van der Waals surface area contributed by atoms with Gasteiger partial charge in [0.2, 0.25) is 11.7 Å². The predicted octanol–water partition coefficient (Wildman–Crippen LogP) is 5.10. The van der Waals surface area contributed by atoms with Crippen molar-refractivity contribution in [2.24, 2.45) is 0 Å². The van der Waals surface area contributed by atoms with Gasteiger partial charge in [-0.15, -0.1) is 11.8 Å². The summed E-state index contributed by atoms with van der Waals surface area (Å²) in [7, 11) is 0. The van der Waals surface area contributed by atoms with Crippen LogP contribution in [0.15, 0.2) is 35.4 Å². The lowest BCUT2D eigenvalue weighted by Crippen LogP contribution is -2.30. The highest BCUT2D eigenvalue weighted by Crippen LogP contribution is 2.33. The summed E-state index contributed by atoms with van der Waals surface area (Å²) in [5.41, 5.74) is 0.239. The van der Waals surface area contributed by atoms with Gasteiger partial charge >= 0.3 is 6.18 Å². The van der Waals surface area contributed by atoms with Crippen LogP contribution in [0.2, 0.25) is 0 Å². The normalized spacial score (nSPS) is 16.8. The van der Waals surface area contributed by atoms with E-state index in [1.54, 1.807) is 18.2 Å². The third-order valence-electron chi connectivity index (χ3n) is 4.61. The van der Waals surface area contributed by atoms with Gasteiger partial charge in [-0.1, -0.05) is 6.07 Å². The highest BCUT2D eigenvalue weighted by atomic mass is 32.2. The summed E-state index contributed by atoms with van der Waals surface area (Å²) >= 11 is 1.46. The zero-order valence-electron chi connectivity index (χ0n) is 16.0. The molecule has 1 aliphatic rings. The lowest BCUT2D eigenvalue weighted by atomic mass is 10.1. The van der Waals surface area contributed by atoms with Crippen molar-refractivity contribution in [2.45, 2.75) is 36.3 Å². The fraction of sp³-hybridized carbons (Fsp3) is 0.421. The number of amides is 1. The summed E-state index contributed by atoms with van der Waals surface area (Å²) < 4.78 is 66.8. The standard InChI is InChI=1S/C19H19F5N4OS/c1-30-13-5-2-4-12(10-13)26-16(29)14-11-25-17(19(22,23)24)27-15(14)28-8-3-6-18(20,21)7-9-28/h2,4-5,10-11H,3,6-9H2,1H3,(H,26,29). The van der Waals surface area contributed by atoms with E-state index in [2.05, 4.69) is 15.3 Å². The number of anilines is 2. The molecule has 5 nitrogen and oxygen atoms in total. The van der Waals surface area contributed by atoms with Gasteiger partial charge < -0.3 is 10.2 Å². The van der Waals surface area contributed by atoms with Crippen molar-refractivity contribution in [3.05, 3.63) is 41.9 Å². The Balaban J connectivity index is 1.95. The molecule has 11 heteroatoms. The number of benzene rings is 1. The number of alkyl halides is 5. The number of nitrogens with zero attached hydrogens (tertiary/aromatic N) is 3. The van der Waals surface area contributed by atoms with E-state index in [1.807, 2.05) is 12.3 Å². The fourth-order valence-electron chi connectivity index (χ4n) is 3.09. The molecule has 0 spiro atoms. The number of carbonyl (C=O) groups is 1. The van der Waals surface area contributed by atoms with Gasteiger partial charge in [0.15, 0.2) is 0 Å². The van der Waals surface area contributed by atoms with E-state index in [1.165, 1.54) is 16.7 Å². The second-order valence-electron chi connectivity index (χ2n) is 6.81. The highest BCUT2D eigenvalue weighted by Gasteiger charge is 2.38. The van der Waals surface area contributed by atoms with Gasteiger partial charge in [-0.05, 0) is 30.9 Å². The van der Waals surface area contributed by atoms with Crippen LogP contribution in [-0.2, 0) is 6.18 Å². The Morgan fingerprint density at radius 3 is 2.70 bits per heavy atom. The topological polar surface area (TPSA) is 58.1 Å². The van der Waals surface area contributed by atoms with Gasteiger partial charge in [0.05, 0.1) is 0 Å². The molecular weight excluding hydrogens is 427 g/mol. The van der Waals surface area contributed by atoms with Crippen molar-refractivity contribution in [3.63, 3.8) is 0 Å². The van der Waals surface area contributed by atoms with Gasteiger partial charge in [0.25, 0.3) is 5.91 Å². The van der Waals surface area contributed by atoms with Gasteiger partial charge in [0, 0.05) is 42.7 Å². The third-order valence-corrected chi connectivity index (χ3v) is 5.34. The van der Waals surface area contributed by atoms with E-state index in [0.717, 1.165) is 11.1 Å². The molecule has 1 aromatic heterocycles. The largest absolute Gasteiger partial charge is 0.451 e. The molecule has 1 fully saturated rings. The summed E-state index contributed by atoms with van der Waals surface area (Å²) in [5.74, 6) is -5.34. The first-order chi connectivity index (χ1) is 14.1.